The predicted molar refractivity (Wildman–Crippen MR) is 69.7 cm³/mol. The Morgan fingerprint density at radius 1 is 1.50 bits per heavy atom. The molecule has 1 atom stereocenters. The minimum atomic E-state index is -0.583. The van der Waals surface area contributed by atoms with Gasteiger partial charge in [-0.15, -0.1) is 0 Å². The largest absolute Gasteiger partial charge is 0.497 e. The Labute approximate surface area is 106 Å². The highest BCUT2D eigenvalue weighted by molar-refractivity contribution is 5.39. The molecule has 5 heteroatoms. The molecule has 0 spiro atoms. The van der Waals surface area contributed by atoms with Gasteiger partial charge < -0.3 is 15.2 Å². The third-order valence-corrected chi connectivity index (χ3v) is 2.68. The highest BCUT2D eigenvalue weighted by Gasteiger charge is 2.08. The van der Waals surface area contributed by atoms with Crippen LogP contribution in [0.4, 0.5) is 5.69 Å². The number of aryl methyl sites for hydroxylation is 1. The van der Waals surface area contributed by atoms with Crippen LogP contribution >= 0.6 is 0 Å². The maximum absolute atomic E-state index is 10.1. The summed E-state index contributed by atoms with van der Waals surface area (Å²) in [5, 5.41) is 17.2. The summed E-state index contributed by atoms with van der Waals surface area (Å²) >= 11 is 0. The van der Waals surface area contributed by atoms with Gasteiger partial charge in [0.25, 0.3) is 0 Å². The first-order valence-corrected chi connectivity index (χ1v) is 5.73. The minimum absolute atomic E-state index is 0.429. The first kappa shape index (κ1) is 12.4. The van der Waals surface area contributed by atoms with E-state index in [4.69, 9.17) is 4.74 Å². The molecule has 0 aliphatic carbocycles. The molecule has 1 heterocycles. The average Bonchev–Trinajstić information content (AvgIpc) is 2.82. The Morgan fingerprint density at radius 2 is 2.33 bits per heavy atom. The summed E-state index contributed by atoms with van der Waals surface area (Å²) in [5.41, 5.74) is 1.71. The third-order valence-electron chi connectivity index (χ3n) is 2.68. The molecular weight excluding hydrogens is 230 g/mol. The Balaban J connectivity index is 1.96. The monoisotopic (exact) mass is 247 g/mol. The average molecular weight is 247 g/mol. The van der Waals surface area contributed by atoms with Gasteiger partial charge in [0.15, 0.2) is 0 Å². The summed E-state index contributed by atoms with van der Waals surface area (Å²) in [7, 11) is 3.46. The van der Waals surface area contributed by atoms with E-state index in [0.29, 0.717) is 6.54 Å². The fourth-order valence-electron chi connectivity index (χ4n) is 1.69. The van der Waals surface area contributed by atoms with Crippen molar-refractivity contribution in [3.05, 3.63) is 42.2 Å². The lowest BCUT2D eigenvalue weighted by Gasteiger charge is -2.12. The predicted octanol–water partition coefficient (Wildman–Crippen LogP) is 1.57. The zero-order valence-corrected chi connectivity index (χ0v) is 10.5. The van der Waals surface area contributed by atoms with Crippen LogP contribution in [-0.4, -0.2) is 28.5 Å². The van der Waals surface area contributed by atoms with Gasteiger partial charge in [-0.1, -0.05) is 12.1 Å². The van der Waals surface area contributed by atoms with Gasteiger partial charge in [-0.25, -0.2) is 0 Å². The molecule has 0 aliphatic heterocycles. The molecule has 2 aromatic rings. The Hall–Kier alpha value is -2.01. The van der Waals surface area contributed by atoms with E-state index in [2.05, 4.69) is 10.4 Å². The number of aliphatic hydroxyl groups is 1. The van der Waals surface area contributed by atoms with Crippen molar-refractivity contribution in [3.63, 3.8) is 0 Å². The number of hydrogen-bond acceptors (Lipinski definition) is 4. The number of rotatable bonds is 5. The van der Waals surface area contributed by atoms with Crippen LogP contribution in [0, 0.1) is 0 Å². The molecule has 0 saturated heterocycles. The second-order valence-electron chi connectivity index (χ2n) is 4.08. The normalized spacial score (nSPS) is 12.2. The number of nitrogens with zero attached hydrogens (tertiary/aromatic N) is 2. The molecule has 0 amide bonds. The van der Waals surface area contributed by atoms with Crippen LogP contribution in [0.1, 0.15) is 11.7 Å². The highest BCUT2D eigenvalue weighted by Crippen LogP contribution is 2.19. The smallest absolute Gasteiger partial charge is 0.119 e. The first-order valence-electron chi connectivity index (χ1n) is 5.73. The highest BCUT2D eigenvalue weighted by atomic mass is 16.5. The number of aliphatic hydroxyl groups excluding tert-OH is 1. The second kappa shape index (κ2) is 5.55. The maximum Gasteiger partial charge on any atom is 0.119 e. The van der Waals surface area contributed by atoms with Crippen LogP contribution in [-0.2, 0) is 7.05 Å². The van der Waals surface area contributed by atoms with Gasteiger partial charge in [-0.2, -0.15) is 5.10 Å². The molecule has 0 radical (unpaired) electrons. The number of nitrogens with one attached hydrogen (secondary N) is 1. The zero-order chi connectivity index (χ0) is 13.0. The zero-order valence-electron chi connectivity index (χ0n) is 10.5. The minimum Gasteiger partial charge on any atom is -0.497 e. The van der Waals surface area contributed by atoms with Gasteiger partial charge in [-0.05, 0) is 17.7 Å². The Morgan fingerprint density at radius 3 is 3.00 bits per heavy atom. The molecule has 2 rings (SSSR count). The molecule has 0 fully saturated rings. The van der Waals surface area contributed by atoms with Crippen molar-refractivity contribution >= 4 is 5.69 Å². The van der Waals surface area contributed by atoms with Crippen LogP contribution in [0.5, 0.6) is 5.75 Å². The summed E-state index contributed by atoms with van der Waals surface area (Å²) in [6.45, 7) is 0.429. The third kappa shape index (κ3) is 3.01. The van der Waals surface area contributed by atoms with Gasteiger partial charge in [0.1, 0.15) is 5.75 Å². The van der Waals surface area contributed by atoms with Crippen molar-refractivity contribution < 1.29 is 9.84 Å². The van der Waals surface area contributed by atoms with E-state index in [9.17, 15) is 5.11 Å². The molecule has 96 valence electrons. The van der Waals surface area contributed by atoms with Crippen molar-refractivity contribution in [2.24, 2.45) is 7.05 Å². The standard InChI is InChI=1S/C13H17N3O2/c1-16-9-11(7-15-16)14-8-13(17)10-4-3-5-12(6-10)18-2/h3-7,9,13-14,17H,8H2,1-2H3. The van der Waals surface area contributed by atoms with Crippen LogP contribution < -0.4 is 10.1 Å². The number of methoxy groups -OCH3 is 1. The van der Waals surface area contributed by atoms with E-state index < -0.39 is 6.10 Å². The Kier molecular flexibility index (Phi) is 3.84. The van der Waals surface area contributed by atoms with Crippen molar-refractivity contribution in [3.8, 4) is 5.75 Å². The molecule has 0 saturated carbocycles. The fraction of sp³-hybridized carbons (Fsp3) is 0.308. The molecule has 1 unspecified atom stereocenters. The summed E-state index contributed by atoms with van der Waals surface area (Å²) in [6.07, 6.45) is 3.00. The lowest BCUT2D eigenvalue weighted by molar-refractivity contribution is 0.191. The molecule has 0 aliphatic rings. The quantitative estimate of drug-likeness (QED) is 0.842. The lowest BCUT2D eigenvalue weighted by Crippen LogP contribution is -2.11. The lowest BCUT2D eigenvalue weighted by atomic mass is 10.1. The number of aromatic nitrogens is 2. The summed E-state index contributed by atoms with van der Waals surface area (Å²) in [6, 6.07) is 7.42. The Bertz CT molecular complexity index is 510. The van der Waals surface area contributed by atoms with Crippen molar-refractivity contribution in [2.45, 2.75) is 6.10 Å². The van der Waals surface area contributed by atoms with Gasteiger partial charge in [-0.3, -0.25) is 4.68 Å². The molecule has 1 aromatic heterocycles. The fourth-order valence-corrected chi connectivity index (χ4v) is 1.69. The van der Waals surface area contributed by atoms with Crippen LogP contribution in [0.15, 0.2) is 36.7 Å². The second-order valence-corrected chi connectivity index (χ2v) is 4.08. The van der Waals surface area contributed by atoms with E-state index in [-0.39, 0.29) is 0 Å². The van der Waals surface area contributed by atoms with Crippen LogP contribution in [0.3, 0.4) is 0 Å². The van der Waals surface area contributed by atoms with Crippen molar-refractivity contribution in [1.29, 1.82) is 0 Å². The SMILES string of the molecule is COc1cccc(C(O)CNc2cnn(C)c2)c1. The van der Waals surface area contributed by atoms with Crippen molar-refractivity contribution in [1.82, 2.24) is 9.78 Å². The number of ether oxygens (including phenoxy) is 1. The van der Waals surface area contributed by atoms with E-state index in [1.807, 2.05) is 37.5 Å². The van der Waals surface area contributed by atoms with Gasteiger partial charge in [0.05, 0.1) is 25.1 Å². The van der Waals surface area contributed by atoms with E-state index in [0.717, 1.165) is 17.0 Å². The van der Waals surface area contributed by atoms with E-state index >= 15 is 0 Å². The topological polar surface area (TPSA) is 59.3 Å². The molecular formula is C13H17N3O2. The molecule has 5 nitrogen and oxygen atoms in total. The van der Waals surface area contributed by atoms with Crippen LogP contribution in [0.2, 0.25) is 0 Å². The van der Waals surface area contributed by atoms with E-state index in [1.165, 1.54) is 0 Å². The number of anilines is 1. The van der Waals surface area contributed by atoms with Gasteiger partial charge in [0.2, 0.25) is 0 Å². The molecule has 2 N–H and O–H groups in total. The van der Waals surface area contributed by atoms with Gasteiger partial charge >= 0.3 is 0 Å². The first-order chi connectivity index (χ1) is 8.69. The number of benzene rings is 1. The summed E-state index contributed by atoms with van der Waals surface area (Å²) in [4.78, 5) is 0. The van der Waals surface area contributed by atoms with Gasteiger partial charge in [0, 0.05) is 19.8 Å². The number of hydrogen-bond donors (Lipinski definition) is 2. The molecule has 18 heavy (non-hydrogen) atoms. The summed E-state index contributed by atoms with van der Waals surface area (Å²) in [5.74, 6) is 0.743. The summed E-state index contributed by atoms with van der Waals surface area (Å²) < 4.78 is 6.83. The molecule has 1 aromatic carbocycles. The maximum atomic E-state index is 10.1. The van der Waals surface area contributed by atoms with Crippen molar-refractivity contribution in [2.75, 3.05) is 19.0 Å². The molecule has 0 bridgehead atoms. The van der Waals surface area contributed by atoms with Crippen LogP contribution in [0.25, 0.3) is 0 Å². The van der Waals surface area contributed by atoms with E-state index in [1.54, 1.807) is 18.0 Å².